The Morgan fingerprint density at radius 3 is 2.53 bits per heavy atom. The first-order chi connectivity index (χ1) is 8.74. The normalized spacial score (nSPS) is 17.5. The van der Waals surface area contributed by atoms with E-state index in [4.69, 9.17) is 4.43 Å². The van der Waals surface area contributed by atoms with Crippen LogP contribution in [0.3, 0.4) is 0 Å². The predicted molar refractivity (Wildman–Crippen MR) is 83.9 cm³/mol. The summed E-state index contributed by atoms with van der Waals surface area (Å²) in [6.45, 7) is 12.2. The van der Waals surface area contributed by atoms with E-state index >= 15 is 0 Å². The second-order valence-electron chi connectivity index (χ2n) is 7.11. The minimum absolute atomic E-state index is 0.287. The number of unbranched alkanes of at least 4 members (excludes halogenated alkanes) is 1. The van der Waals surface area contributed by atoms with Gasteiger partial charge in [0.05, 0.1) is 0 Å². The third-order valence-corrected chi connectivity index (χ3v) is 9.00. The first-order valence-electron chi connectivity index (χ1n) is 7.60. The molecule has 0 amide bonds. The number of Topliss-reactive ketones (excluding diaryl/α,β-unsaturated/α-hetero) is 1. The van der Waals surface area contributed by atoms with Gasteiger partial charge in [-0.3, -0.25) is 4.79 Å². The topological polar surface area (TPSA) is 26.3 Å². The molecule has 0 saturated carbocycles. The summed E-state index contributed by atoms with van der Waals surface area (Å²) in [6, 6.07) is 0. The lowest BCUT2D eigenvalue weighted by molar-refractivity contribution is -0.116. The number of hydrogen-bond acceptors (Lipinski definition) is 2. The number of allylic oxidation sites excluding steroid dienone is 2. The molecule has 0 bridgehead atoms. The van der Waals surface area contributed by atoms with Crippen molar-refractivity contribution in [1.29, 1.82) is 0 Å². The quantitative estimate of drug-likeness (QED) is 0.514. The van der Waals surface area contributed by atoms with Crippen LogP contribution in [-0.4, -0.2) is 20.7 Å². The van der Waals surface area contributed by atoms with E-state index in [1.807, 2.05) is 0 Å². The van der Waals surface area contributed by atoms with Gasteiger partial charge < -0.3 is 4.43 Å². The molecule has 0 N–H and O–H groups in total. The molecule has 0 spiro atoms. The lowest BCUT2D eigenvalue weighted by Gasteiger charge is -2.36. The lowest BCUT2D eigenvalue weighted by atomic mass is 9.94. The molecular weight excluding hydrogens is 252 g/mol. The highest BCUT2D eigenvalue weighted by atomic mass is 28.4. The monoisotopic (exact) mass is 282 g/mol. The molecule has 1 aliphatic carbocycles. The SMILES string of the molecule is CC(C)(C)[Si](C)(C)OCCCCC1=CCCCC1=O. The van der Waals surface area contributed by atoms with E-state index in [0.29, 0.717) is 5.78 Å². The van der Waals surface area contributed by atoms with Crippen LogP contribution in [0.1, 0.15) is 59.3 Å². The van der Waals surface area contributed by atoms with Crippen molar-refractivity contribution in [3.05, 3.63) is 11.6 Å². The van der Waals surface area contributed by atoms with E-state index in [-0.39, 0.29) is 5.04 Å². The molecule has 3 heteroatoms. The van der Waals surface area contributed by atoms with Gasteiger partial charge >= 0.3 is 0 Å². The van der Waals surface area contributed by atoms with Crippen LogP contribution in [0.4, 0.5) is 0 Å². The van der Waals surface area contributed by atoms with Crippen LogP contribution in [0.25, 0.3) is 0 Å². The Bertz CT molecular complexity index is 337. The standard InChI is InChI=1S/C16H30O2Si/c1-16(2,3)19(4,5)18-13-9-8-11-14-10-6-7-12-15(14)17/h10H,6-9,11-13H2,1-5H3. The van der Waals surface area contributed by atoms with Gasteiger partial charge in [0.25, 0.3) is 0 Å². The molecule has 0 fully saturated rings. The molecule has 0 unspecified atom stereocenters. The van der Waals surface area contributed by atoms with Crippen LogP contribution < -0.4 is 0 Å². The third kappa shape index (κ3) is 5.23. The Morgan fingerprint density at radius 1 is 1.26 bits per heavy atom. The number of hydrogen-bond donors (Lipinski definition) is 0. The van der Waals surface area contributed by atoms with Crippen molar-refractivity contribution in [2.45, 2.75) is 77.4 Å². The molecule has 19 heavy (non-hydrogen) atoms. The summed E-state index contributed by atoms with van der Waals surface area (Å²) >= 11 is 0. The second kappa shape index (κ2) is 6.85. The number of rotatable bonds is 6. The van der Waals surface area contributed by atoms with Gasteiger partial charge in [-0.25, -0.2) is 0 Å². The van der Waals surface area contributed by atoms with Gasteiger partial charge in [-0.2, -0.15) is 0 Å². The van der Waals surface area contributed by atoms with Gasteiger partial charge in [-0.1, -0.05) is 26.8 Å². The molecule has 110 valence electrons. The Labute approximate surface area is 119 Å². The fourth-order valence-electron chi connectivity index (χ4n) is 2.02. The van der Waals surface area contributed by atoms with Crippen molar-refractivity contribution in [1.82, 2.24) is 0 Å². The summed E-state index contributed by atoms with van der Waals surface area (Å²) in [4.78, 5) is 11.7. The molecule has 0 aromatic carbocycles. The van der Waals surface area contributed by atoms with E-state index in [2.05, 4.69) is 39.9 Å². The predicted octanol–water partition coefficient (Wildman–Crippen LogP) is 4.86. The Kier molecular flexibility index (Phi) is 6.00. The maximum atomic E-state index is 11.7. The summed E-state index contributed by atoms with van der Waals surface area (Å²) in [6.07, 6.45) is 8.11. The van der Waals surface area contributed by atoms with E-state index in [9.17, 15) is 4.79 Å². The van der Waals surface area contributed by atoms with Crippen LogP contribution in [-0.2, 0) is 9.22 Å². The maximum absolute atomic E-state index is 11.7. The average molecular weight is 282 g/mol. The fourth-order valence-corrected chi connectivity index (χ4v) is 3.10. The molecule has 1 aliphatic rings. The van der Waals surface area contributed by atoms with Gasteiger partial charge in [0.2, 0.25) is 0 Å². The highest BCUT2D eigenvalue weighted by Gasteiger charge is 2.36. The summed E-state index contributed by atoms with van der Waals surface area (Å²) in [5, 5.41) is 0.287. The lowest BCUT2D eigenvalue weighted by Crippen LogP contribution is -2.40. The zero-order valence-electron chi connectivity index (χ0n) is 13.3. The molecule has 2 nitrogen and oxygen atoms in total. The van der Waals surface area contributed by atoms with Crippen molar-refractivity contribution >= 4 is 14.1 Å². The molecule has 1 rings (SSSR count). The summed E-state index contributed by atoms with van der Waals surface area (Å²) < 4.78 is 6.14. The zero-order valence-corrected chi connectivity index (χ0v) is 14.3. The Balaban J connectivity index is 2.22. The molecule has 0 heterocycles. The highest BCUT2D eigenvalue weighted by molar-refractivity contribution is 6.74. The zero-order chi connectivity index (χ0) is 14.5. The van der Waals surface area contributed by atoms with Crippen molar-refractivity contribution in [3.8, 4) is 0 Å². The molecular formula is C16H30O2Si. The van der Waals surface area contributed by atoms with Crippen LogP contribution in [0.15, 0.2) is 11.6 Å². The van der Waals surface area contributed by atoms with E-state index in [1.165, 1.54) is 0 Å². The molecule has 0 saturated heterocycles. The smallest absolute Gasteiger partial charge is 0.191 e. The minimum Gasteiger partial charge on any atom is -0.417 e. The third-order valence-electron chi connectivity index (χ3n) is 4.47. The van der Waals surface area contributed by atoms with Crippen molar-refractivity contribution in [2.75, 3.05) is 6.61 Å². The minimum atomic E-state index is -1.59. The van der Waals surface area contributed by atoms with Crippen molar-refractivity contribution < 1.29 is 9.22 Å². The number of carbonyl (C=O) groups excluding carboxylic acids is 1. The van der Waals surface area contributed by atoms with Crippen LogP contribution in [0, 0.1) is 0 Å². The van der Waals surface area contributed by atoms with E-state index in [0.717, 1.165) is 50.7 Å². The van der Waals surface area contributed by atoms with Gasteiger partial charge in [-0.15, -0.1) is 0 Å². The molecule has 0 radical (unpaired) electrons. The summed E-state index contributed by atoms with van der Waals surface area (Å²) in [5.41, 5.74) is 1.07. The van der Waals surface area contributed by atoms with Crippen LogP contribution in [0.5, 0.6) is 0 Å². The number of carbonyl (C=O) groups is 1. The Morgan fingerprint density at radius 2 is 1.95 bits per heavy atom. The Hall–Kier alpha value is -0.413. The van der Waals surface area contributed by atoms with Gasteiger partial charge in [0.1, 0.15) is 0 Å². The number of ketones is 1. The van der Waals surface area contributed by atoms with Gasteiger partial charge in [-0.05, 0) is 55.8 Å². The highest BCUT2D eigenvalue weighted by Crippen LogP contribution is 2.36. The van der Waals surface area contributed by atoms with Crippen molar-refractivity contribution in [3.63, 3.8) is 0 Å². The fraction of sp³-hybridized carbons (Fsp3) is 0.812. The summed E-state index contributed by atoms with van der Waals surface area (Å²) in [7, 11) is -1.59. The molecule has 0 aromatic rings. The van der Waals surface area contributed by atoms with Gasteiger partial charge in [0, 0.05) is 13.0 Å². The van der Waals surface area contributed by atoms with Crippen LogP contribution in [0.2, 0.25) is 18.1 Å². The first-order valence-corrected chi connectivity index (χ1v) is 10.5. The largest absolute Gasteiger partial charge is 0.417 e. The van der Waals surface area contributed by atoms with E-state index < -0.39 is 8.32 Å². The molecule has 0 aliphatic heterocycles. The van der Waals surface area contributed by atoms with Crippen LogP contribution >= 0.6 is 0 Å². The second-order valence-corrected chi connectivity index (χ2v) is 11.9. The molecule has 0 aromatic heterocycles. The summed E-state index contributed by atoms with van der Waals surface area (Å²) in [5.74, 6) is 0.372. The van der Waals surface area contributed by atoms with Gasteiger partial charge in [0.15, 0.2) is 14.1 Å². The van der Waals surface area contributed by atoms with Crippen molar-refractivity contribution in [2.24, 2.45) is 0 Å². The maximum Gasteiger partial charge on any atom is 0.191 e. The molecule has 0 atom stereocenters. The average Bonchev–Trinajstić information content (AvgIpc) is 2.29. The van der Waals surface area contributed by atoms with E-state index in [1.54, 1.807) is 0 Å². The first kappa shape index (κ1) is 16.6.